The summed E-state index contributed by atoms with van der Waals surface area (Å²) in [7, 11) is 1.98. The summed E-state index contributed by atoms with van der Waals surface area (Å²) in [6, 6.07) is 14.5. The lowest BCUT2D eigenvalue weighted by atomic mass is 10.2. The number of rotatable bonds is 6. The zero-order chi connectivity index (χ0) is 11.9. The molecular weight excluding hydrogens is 230 g/mol. The molecule has 0 saturated heterocycles. The summed E-state index contributed by atoms with van der Waals surface area (Å²) in [6.45, 7) is 0.693. The highest BCUT2D eigenvalue weighted by atomic mass is 32.1. The van der Waals surface area contributed by atoms with Crippen LogP contribution in [-0.2, 0) is 6.42 Å². The SMILES string of the molecule is CNC(COc1ccccc1)Cc1cccs1. The molecule has 0 aliphatic rings. The summed E-state index contributed by atoms with van der Waals surface area (Å²) in [6.07, 6.45) is 1.01. The maximum atomic E-state index is 5.75. The Balaban J connectivity index is 1.84. The van der Waals surface area contributed by atoms with E-state index in [0.717, 1.165) is 12.2 Å². The van der Waals surface area contributed by atoms with Crippen LogP contribution in [0.15, 0.2) is 47.8 Å². The minimum absolute atomic E-state index is 0.355. The van der Waals surface area contributed by atoms with Gasteiger partial charge in [-0.2, -0.15) is 0 Å². The summed E-state index contributed by atoms with van der Waals surface area (Å²) < 4.78 is 5.75. The van der Waals surface area contributed by atoms with Crippen molar-refractivity contribution >= 4 is 11.3 Å². The van der Waals surface area contributed by atoms with Gasteiger partial charge in [-0.25, -0.2) is 0 Å². The molecule has 0 amide bonds. The molecule has 0 bridgehead atoms. The van der Waals surface area contributed by atoms with Gasteiger partial charge in [0.25, 0.3) is 0 Å². The third-order valence-electron chi connectivity index (χ3n) is 2.63. The monoisotopic (exact) mass is 247 g/mol. The molecule has 0 saturated carbocycles. The molecule has 2 aromatic rings. The van der Waals surface area contributed by atoms with Gasteiger partial charge in [-0.1, -0.05) is 24.3 Å². The molecule has 3 heteroatoms. The van der Waals surface area contributed by atoms with Crippen LogP contribution < -0.4 is 10.1 Å². The molecule has 0 radical (unpaired) electrons. The van der Waals surface area contributed by atoms with Crippen LogP contribution >= 0.6 is 11.3 Å². The molecule has 1 aromatic heterocycles. The van der Waals surface area contributed by atoms with Crippen molar-refractivity contribution in [3.63, 3.8) is 0 Å². The van der Waals surface area contributed by atoms with E-state index < -0.39 is 0 Å². The Kier molecular flexibility index (Phi) is 4.59. The number of para-hydroxylation sites is 1. The van der Waals surface area contributed by atoms with Gasteiger partial charge in [0.05, 0.1) is 0 Å². The fourth-order valence-electron chi connectivity index (χ4n) is 1.63. The highest BCUT2D eigenvalue weighted by Crippen LogP contribution is 2.13. The van der Waals surface area contributed by atoms with Crippen molar-refractivity contribution in [2.75, 3.05) is 13.7 Å². The Bertz CT molecular complexity index is 413. The molecule has 0 aliphatic heterocycles. The lowest BCUT2D eigenvalue weighted by Crippen LogP contribution is -2.33. The van der Waals surface area contributed by atoms with E-state index in [1.54, 1.807) is 11.3 Å². The average Bonchev–Trinajstić information content (AvgIpc) is 2.88. The molecule has 1 atom stereocenters. The lowest BCUT2D eigenvalue weighted by molar-refractivity contribution is 0.270. The predicted molar refractivity (Wildman–Crippen MR) is 72.8 cm³/mol. The van der Waals surface area contributed by atoms with Crippen LogP contribution in [0.3, 0.4) is 0 Å². The number of hydrogen-bond donors (Lipinski definition) is 1. The first-order valence-electron chi connectivity index (χ1n) is 5.76. The summed E-state index contributed by atoms with van der Waals surface area (Å²) in [5.41, 5.74) is 0. The van der Waals surface area contributed by atoms with Gasteiger partial charge in [-0.05, 0) is 30.6 Å². The number of nitrogens with one attached hydrogen (secondary N) is 1. The largest absolute Gasteiger partial charge is 0.492 e. The first kappa shape index (κ1) is 12.1. The van der Waals surface area contributed by atoms with E-state index in [9.17, 15) is 0 Å². The molecule has 0 aliphatic carbocycles. The van der Waals surface area contributed by atoms with Gasteiger partial charge >= 0.3 is 0 Å². The first-order chi connectivity index (χ1) is 8.38. The van der Waals surface area contributed by atoms with Crippen molar-refractivity contribution in [3.8, 4) is 5.75 Å². The standard InChI is InChI=1S/C14H17NOS/c1-15-12(10-14-8-5-9-17-14)11-16-13-6-3-2-4-7-13/h2-9,12,15H,10-11H2,1H3. The minimum Gasteiger partial charge on any atom is -0.492 e. The molecule has 17 heavy (non-hydrogen) atoms. The second kappa shape index (κ2) is 6.42. The van der Waals surface area contributed by atoms with E-state index in [2.05, 4.69) is 22.8 Å². The molecule has 1 N–H and O–H groups in total. The Hall–Kier alpha value is -1.32. The highest BCUT2D eigenvalue weighted by Gasteiger charge is 2.08. The zero-order valence-corrected chi connectivity index (χ0v) is 10.7. The first-order valence-corrected chi connectivity index (χ1v) is 6.64. The van der Waals surface area contributed by atoms with E-state index in [0.29, 0.717) is 12.6 Å². The quantitative estimate of drug-likeness (QED) is 0.847. The van der Waals surface area contributed by atoms with Gasteiger partial charge in [-0.15, -0.1) is 11.3 Å². The van der Waals surface area contributed by atoms with E-state index in [4.69, 9.17) is 4.74 Å². The van der Waals surface area contributed by atoms with Crippen molar-refractivity contribution in [1.29, 1.82) is 0 Å². The molecular formula is C14H17NOS. The number of hydrogen-bond acceptors (Lipinski definition) is 3. The number of thiophene rings is 1. The van der Waals surface area contributed by atoms with E-state index in [1.807, 2.05) is 37.4 Å². The summed E-state index contributed by atoms with van der Waals surface area (Å²) in [4.78, 5) is 1.39. The summed E-state index contributed by atoms with van der Waals surface area (Å²) >= 11 is 1.79. The number of likely N-dealkylation sites (N-methyl/N-ethyl adjacent to an activating group) is 1. The fraction of sp³-hybridized carbons (Fsp3) is 0.286. The van der Waals surface area contributed by atoms with Crippen LogP contribution in [0.2, 0.25) is 0 Å². The van der Waals surface area contributed by atoms with Crippen LogP contribution in [0.25, 0.3) is 0 Å². The second-order valence-corrected chi connectivity index (χ2v) is 4.93. The van der Waals surface area contributed by atoms with Gasteiger partial charge in [0.2, 0.25) is 0 Å². The van der Waals surface area contributed by atoms with Crippen LogP contribution in [0, 0.1) is 0 Å². The van der Waals surface area contributed by atoms with Crippen LogP contribution in [0.4, 0.5) is 0 Å². The average molecular weight is 247 g/mol. The van der Waals surface area contributed by atoms with E-state index >= 15 is 0 Å². The topological polar surface area (TPSA) is 21.3 Å². The van der Waals surface area contributed by atoms with E-state index in [-0.39, 0.29) is 0 Å². The van der Waals surface area contributed by atoms with Crippen molar-refractivity contribution in [2.24, 2.45) is 0 Å². The summed E-state index contributed by atoms with van der Waals surface area (Å²) in [5.74, 6) is 0.930. The van der Waals surface area contributed by atoms with Crippen LogP contribution in [-0.4, -0.2) is 19.7 Å². The third-order valence-corrected chi connectivity index (χ3v) is 3.53. The molecule has 1 aromatic carbocycles. The molecule has 0 spiro atoms. The molecule has 2 nitrogen and oxygen atoms in total. The number of ether oxygens (including phenoxy) is 1. The second-order valence-electron chi connectivity index (χ2n) is 3.89. The smallest absolute Gasteiger partial charge is 0.119 e. The normalized spacial score (nSPS) is 12.3. The third kappa shape index (κ3) is 3.88. The Morgan fingerprint density at radius 3 is 2.65 bits per heavy atom. The van der Waals surface area contributed by atoms with Gasteiger partial charge < -0.3 is 10.1 Å². The maximum Gasteiger partial charge on any atom is 0.119 e. The van der Waals surface area contributed by atoms with Crippen molar-refractivity contribution in [3.05, 3.63) is 52.7 Å². The Morgan fingerprint density at radius 2 is 2.00 bits per heavy atom. The molecule has 2 rings (SSSR count). The highest BCUT2D eigenvalue weighted by molar-refractivity contribution is 7.09. The van der Waals surface area contributed by atoms with Gasteiger partial charge in [0.15, 0.2) is 0 Å². The maximum absolute atomic E-state index is 5.75. The predicted octanol–water partition coefficient (Wildman–Crippen LogP) is 2.96. The molecule has 0 fully saturated rings. The van der Waals surface area contributed by atoms with Crippen molar-refractivity contribution < 1.29 is 4.74 Å². The van der Waals surface area contributed by atoms with Crippen molar-refractivity contribution in [2.45, 2.75) is 12.5 Å². The van der Waals surface area contributed by atoms with Crippen LogP contribution in [0.5, 0.6) is 5.75 Å². The molecule has 1 unspecified atom stereocenters. The van der Waals surface area contributed by atoms with Crippen LogP contribution in [0.1, 0.15) is 4.88 Å². The Morgan fingerprint density at radius 1 is 1.18 bits per heavy atom. The summed E-state index contributed by atoms with van der Waals surface area (Å²) in [5, 5.41) is 5.40. The van der Waals surface area contributed by atoms with Crippen molar-refractivity contribution in [1.82, 2.24) is 5.32 Å². The minimum atomic E-state index is 0.355. The zero-order valence-electron chi connectivity index (χ0n) is 9.93. The van der Waals surface area contributed by atoms with Gasteiger partial charge in [-0.3, -0.25) is 0 Å². The van der Waals surface area contributed by atoms with Gasteiger partial charge in [0.1, 0.15) is 12.4 Å². The Labute approximate surface area is 106 Å². The van der Waals surface area contributed by atoms with Gasteiger partial charge in [0, 0.05) is 17.3 Å². The number of benzene rings is 1. The fourth-order valence-corrected chi connectivity index (χ4v) is 2.42. The molecule has 90 valence electrons. The molecule has 1 heterocycles. The van der Waals surface area contributed by atoms with E-state index in [1.165, 1.54) is 4.88 Å². The lowest BCUT2D eigenvalue weighted by Gasteiger charge is -2.16.